The summed E-state index contributed by atoms with van der Waals surface area (Å²) < 4.78 is 5.52. The van der Waals surface area contributed by atoms with Crippen molar-refractivity contribution >= 4 is 12.0 Å². The van der Waals surface area contributed by atoms with Crippen molar-refractivity contribution in [3.05, 3.63) is 65.5 Å². The highest BCUT2D eigenvalue weighted by Crippen LogP contribution is 2.28. The minimum atomic E-state index is -0.560. The van der Waals surface area contributed by atoms with Gasteiger partial charge in [0.2, 0.25) is 0 Å². The topological polar surface area (TPSA) is 62.7 Å². The summed E-state index contributed by atoms with van der Waals surface area (Å²) in [6.45, 7) is 8.78. The Hall–Kier alpha value is -2.89. The van der Waals surface area contributed by atoms with Gasteiger partial charge in [0, 0.05) is 37.6 Å². The summed E-state index contributed by atoms with van der Waals surface area (Å²) in [6, 6.07) is 11.1. The first-order valence-corrected chi connectivity index (χ1v) is 9.50. The van der Waals surface area contributed by atoms with E-state index in [-0.39, 0.29) is 18.0 Å². The summed E-state index contributed by atoms with van der Waals surface area (Å²) in [7, 11) is 0. The second-order valence-corrected chi connectivity index (χ2v) is 8.09. The first-order valence-electron chi connectivity index (χ1n) is 9.50. The van der Waals surface area contributed by atoms with Crippen molar-refractivity contribution in [1.82, 2.24) is 14.8 Å². The Morgan fingerprint density at radius 1 is 1.11 bits per heavy atom. The maximum atomic E-state index is 13.2. The van der Waals surface area contributed by atoms with Gasteiger partial charge in [-0.2, -0.15) is 0 Å². The first-order chi connectivity index (χ1) is 13.2. The molecule has 0 bridgehead atoms. The van der Waals surface area contributed by atoms with E-state index < -0.39 is 5.60 Å². The lowest BCUT2D eigenvalue weighted by molar-refractivity contribution is 0.00405. The predicted molar refractivity (Wildman–Crippen MR) is 107 cm³/mol. The van der Waals surface area contributed by atoms with Gasteiger partial charge < -0.3 is 14.5 Å². The van der Waals surface area contributed by atoms with Crippen LogP contribution in [-0.4, -0.2) is 52.0 Å². The van der Waals surface area contributed by atoms with Crippen LogP contribution in [0.1, 0.15) is 48.3 Å². The number of ether oxygens (including phenoxy) is 1. The molecule has 1 aliphatic heterocycles. The molecule has 28 heavy (non-hydrogen) atoms. The number of piperazine rings is 1. The van der Waals surface area contributed by atoms with Crippen LogP contribution in [-0.2, 0) is 4.74 Å². The molecule has 0 radical (unpaired) electrons. The van der Waals surface area contributed by atoms with E-state index in [4.69, 9.17) is 4.74 Å². The van der Waals surface area contributed by atoms with Crippen LogP contribution >= 0.6 is 0 Å². The molecule has 1 atom stereocenters. The fraction of sp³-hybridized carbons (Fsp3) is 0.409. The molecule has 2 aromatic rings. The number of hydrogen-bond acceptors (Lipinski definition) is 4. The van der Waals surface area contributed by atoms with Crippen LogP contribution in [0.5, 0.6) is 0 Å². The van der Waals surface area contributed by atoms with E-state index >= 15 is 0 Å². The Morgan fingerprint density at radius 2 is 1.82 bits per heavy atom. The zero-order chi connectivity index (χ0) is 20.3. The third kappa shape index (κ3) is 4.68. The van der Waals surface area contributed by atoms with Crippen LogP contribution < -0.4 is 0 Å². The molecule has 1 fully saturated rings. The molecule has 1 aromatic heterocycles. The minimum Gasteiger partial charge on any atom is -0.444 e. The van der Waals surface area contributed by atoms with Crippen LogP contribution in [0.25, 0.3) is 0 Å². The number of aryl methyl sites for hydroxylation is 1. The number of pyridine rings is 1. The highest BCUT2D eigenvalue weighted by atomic mass is 16.6. The Labute approximate surface area is 166 Å². The van der Waals surface area contributed by atoms with E-state index in [2.05, 4.69) is 4.98 Å². The number of carbonyl (C=O) groups excluding carboxylic acids is 2. The minimum absolute atomic E-state index is 0.0438. The maximum absolute atomic E-state index is 13.2. The maximum Gasteiger partial charge on any atom is 0.410 e. The molecule has 0 N–H and O–H groups in total. The Morgan fingerprint density at radius 3 is 2.43 bits per heavy atom. The Balaban J connectivity index is 1.85. The zero-order valence-electron chi connectivity index (χ0n) is 16.9. The van der Waals surface area contributed by atoms with Gasteiger partial charge in [0.1, 0.15) is 5.60 Å². The summed E-state index contributed by atoms with van der Waals surface area (Å²) in [5.74, 6) is -0.0438. The van der Waals surface area contributed by atoms with E-state index in [9.17, 15) is 9.59 Å². The lowest BCUT2D eigenvalue weighted by Crippen LogP contribution is -2.53. The number of benzene rings is 1. The molecule has 0 spiro atoms. The molecule has 1 aliphatic rings. The fourth-order valence-corrected chi connectivity index (χ4v) is 3.24. The molecule has 0 saturated carbocycles. The Bertz CT molecular complexity index is 828. The van der Waals surface area contributed by atoms with Crippen LogP contribution in [0.15, 0.2) is 48.8 Å². The van der Waals surface area contributed by atoms with Gasteiger partial charge >= 0.3 is 6.09 Å². The molecular weight excluding hydrogens is 354 g/mol. The van der Waals surface area contributed by atoms with Crippen LogP contribution in [0, 0.1) is 6.92 Å². The molecule has 3 rings (SSSR count). The van der Waals surface area contributed by atoms with Crippen LogP contribution in [0.4, 0.5) is 4.79 Å². The zero-order valence-corrected chi connectivity index (χ0v) is 16.9. The highest BCUT2D eigenvalue weighted by Gasteiger charge is 2.35. The van der Waals surface area contributed by atoms with Crippen molar-refractivity contribution in [2.45, 2.75) is 39.3 Å². The first kappa shape index (κ1) is 19.9. The standard InChI is InChI=1S/C22H27N3O3/c1-16-7-9-17(10-8-16)20(26)25-13-12-24(21(27)28-22(2,3)4)15-19(25)18-6-5-11-23-14-18/h5-11,14,19H,12-13,15H2,1-4H3. The van der Waals surface area contributed by atoms with E-state index in [0.717, 1.165) is 11.1 Å². The molecule has 6 nitrogen and oxygen atoms in total. The molecule has 2 amide bonds. The van der Waals surface area contributed by atoms with E-state index in [1.165, 1.54) is 0 Å². The molecule has 2 heterocycles. The van der Waals surface area contributed by atoms with Crippen molar-refractivity contribution < 1.29 is 14.3 Å². The SMILES string of the molecule is Cc1ccc(C(=O)N2CCN(C(=O)OC(C)(C)C)CC2c2cccnc2)cc1. The summed E-state index contributed by atoms with van der Waals surface area (Å²) in [5.41, 5.74) is 2.09. The summed E-state index contributed by atoms with van der Waals surface area (Å²) in [6.07, 6.45) is 3.09. The molecular formula is C22H27N3O3. The number of rotatable bonds is 2. The van der Waals surface area contributed by atoms with Crippen LogP contribution in [0.3, 0.4) is 0 Å². The highest BCUT2D eigenvalue weighted by molar-refractivity contribution is 5.94. The predicted octanol–water partition coefficient (Wildman–Crippen LogP) is 3.82. The smallest absolute Gasteiger partial charge is 0.410 e. The van der Waals surface area contributed by atoms with Crippen molar-refractivity contribution in [3.8, 4) is 0 Å². The van der Waals surface area contributed by atoms with Crippen LogP contribution in [0.2, 0.25) is 0 Å². The van der Waals surface area contributed by atoms with Gasteiger partial charge in [0.15, 0.2) is 0 Å². The number of amides is 2. The van der Waals surface area contributed by atoms with Gasteiger partial charge in [-0.05, 0) is 51.5 Å². The molecule has 1 aromatic carbocycles. The quantitative estimate of drug-likeness (QED) is 0.793. The van der Waals surface area contributed by atoms with Crippen molar-refractivity contribution in [1.29, 1.82) is 0 Å². The van der Waals surface area contributed by atoms with Gasteiger partial charge in [-0.3, -0.25) is 9.78 Å². The van der Waals surface area contributed by atoms with Crippen molar-refractivity contribution in [3.63, 3.8) is 0 Å². The van der Waals surface area contributed by atoms with Gasteiger partial charge in [-0.25, -0.2) is 4.79 Å². The van der Waals surface area contributed by atoms with Gasteiger partial charge in [0.25, 0.3) is 5.91 Å². The number of hydrogen-bond donors (Lipinski definition) is 0. The number of carbonyl (C=O) groups is 2. The average Bonchev–Trinajstić information content (AvgIpc) is 2.67. The van der Waals surface area contributed by atoms with Crippen molar-refractivity contribution in [2.75, 3.05) is 19.6 Å². The van der Waals surface area contributed by atoms with Gasteiger partial charge in [0.05, 0.1) is 6.04 Å². The summed E-state index contributed by atoms with van der Waals surface area (Å²) in [5, 5.41) is 0. The lowest BCUT2D eigenvalue weighted by atomic mass is 10.0. The van der Waals surface area contributed by atoms with Gasteiger partial charge in [-0.1, -0.05) is 23.8 Å². The third-order valence-electron chi connectivity index (χ3n) is 4.66. The number of aromatic nitrogens is 1. The molecule has 1 unspecified atom stereocenters. The summed E-state index contributed by atoms with van der Waals surface area (Å²) >= 11 is 0. The lowest BCUT2D eigenvalue weighted by Gasteiger charge is -2.41. The summed E-state index contributed by atoms with van der Waals surface area (Å²) in [4.78, 5) is 33.4. The van der Waals surface area contributed by atoms with E-state index in [1.807, 2.05) is 69.0 Å². The van der Waals surface area contributed by atoms with E-state index in [0.29, 0.717) is 25.2 Å². The third-order valence-corrected chi connectivity index (χ3v) is 4.66. The number of nitrogens with zero attached hydrogens (tertiary/aromatic N) is 3. The molecule has 148 valence electrons. The molecule has 0 aliphatic carbocycles. The second kappa shape index (κ2) is 8.00. The molecule has 6 heteroatoms. The largest absolute Gasteiger partial charge is 0.444 e. The monoisotopic (exact) mass is 381 g/mol. The average molecular weight is 381 g/mol. The van der Waals surface area contributed by atoms with E-state index in [1.54, 1.807) is 17.3 Å². The fourth-order valence-electron chi connectivity index (χ4n) is 3.24. The normalized spacial score (nSPS) is 17.4. The molecule has 1 saturated heterocycles. The van der Waals surface area contributed by atoms with Gasteiger partial charge in [-0.15, -0.1) is 0 Å². The Kier molecular flexibility index (Phi) is 5.68. The van der Waals surface area contributed by atoms with Crippen molar-refractivity contribution in [2.24, 2.45) is 0 Å². The second-order valence-electron chi connectivity index (χ2n) is 8.09.